The fraction of sp³-hybridized carbons (Fsp3) is 0.125. The monoisotopic (exact) mass is 266 g/mol. The first kappa shape index (κ1) is 12.6. The van der Waals surface area contributed by atoms with Gasteiger partial charge >= 0.3 is 0 Å². The number of hydrogen-bond acceptors (Lipinski definition) is 3. The number of rotatable bonds is 2. The molecule has 1 aliphatic rings. The van der Waals surface area contributed by atoms with Crippen LogP contribution in [0.3, 0.4) is 0 Å². The highest BCUT2D eigenvalue weighted by molar-refractivity contribution is 6.21. The van der Waals surface area contributed by atoms with Crippen LogP contribution in [0, 0.1) is 6.92 Å². The van der Waals surface area contributed by atoms with Crippen molar-refractivity contribution in [3.63, 3.8) is 0 Å². The molecule has 1 atom stereocenters. The molecule has 1 aliphatic heterocycles. The predicted molar refractivity (Wildman–Crippen MR) is 75.0 cm³/mol. The van der Waals surface area contributed by atoms with Crippen LogP contribution >= 0.6 is 0 Å². The van der Waals surface area contributed by atoms with Gasteiger partial charge in [-0.05, 0) is 30.2 Å². The smallest absolute Gasteiger partial charge is 0.263 e. The first-order valence-electron chi connectivity index (χ1n) is 6.39. The Hall–Kier alpha value is -2.46. The summed E-state index contributed by atoms with van der Waals surface area (Å²) in [5.74, 6) is -0.664. The van der Waals surface area contributed by atoms with Crippen LogP contribution in [0.2, 0.25) is 0 Å². The molecule has 2 amide bonds. The Bertz CT molecular complexity index is 674. The highest BCUT2D eigenvalue weighted by atomic mass is 16.2. The third kappa shape index (κ3) is 1.73. The number of benzene rings is 2. The molecule has 0 bridgehead atoms. The minimum absolute atomic E-state index is 0.332. The van der Waals surface area contributed by atoms with E-state index in [4.69, 9.17) is 5.73 Å². The highest BCUT2D eigenvalue weighted by Gasteiger charge is 2.39. The molecule has 0 saturated carbocycles. The lowest BCUT2D eigenvalue weighted by molar-refractivity contribution is 0.0586. The zero-order valence-electron chi connectivity index (χ0n) is 11.0. The molecule has 2 N–H and O–H groups in total. The molecule has 20 heavy (non-hydrogen) atoms. The van der Waals surface area contributed by atoms with Crippen LogP contribution in [-0.2, 0) is 0 Å². The molecule has 4 nitrogen and oxygen atoms in total. The van der Waals surface area contributed by atoms with Gasteiger partial charge < -0.3 is 5.73 Å². The summed E-state index contributed by atoms with van der Waals surface area (Å²) < 4.78 is 0. The average Bonchev–Trinajstić information content (AvgIpc) is 2.71. The molecule has 3 rings (SSSR count). The van der Waals surface area contributed by atoms with E-state index < -0.39 is 6.17 Å². The molecule has 1 heterocycles. The van der Waals surface area contributed by atoms with Gasteiger partial charge in [0.05, 0.1) is 11.1 Å². The summed E-state index contributed by atoms with van der Waals surface area (Å²) in [5, 5.41) is 0. The van der Waals surface area contributed by atoms with Crippen molar-refractivity contribution in [3.8, 4) is 0 Å². The molecule has 0 radical (unpaired) electrons. The molecule has 0 aromatic heterocycles. The third-order valence-electron chi connectivity index (χ3n) is 3.61. The molecule has 0 saturated heterocycles. The summed E-state index contributed by atoms with van der Waals surface area (Å²) in [5.41, 5.74) is 8.72. The lowest BCUT2D eigenvalue weighted by Gasteiger charge is -2.23. The van der Waals surface area contributed by atoms with Gasteiger partial charge in [-0.1, -0.05) is 36.4 Å². The maximum atomic E-state index is 12.4. The van der Waals surface area contributed by atoms with Crippen molar-refractivity contribution in [1.29, 1.82) is 0 Å². The molecule has 4 heteroatoms. The van der Waals surface area contributed by atoms with Gasteiger partial charge in [0.25, 0.3) is 11.8 Å². The molecule has 1 unspecified atom stereocenters. The van der Waals surface area contributed by atoms with E-state index in [0.29, 0.717) is 11.1 Å². The second-order valence-corrected chi connectivity index (χ2v) is 4.83. The number of carbonyl (C=O) groups excluding carboxylic acids is 2. The Labute approximate surface area is 116 Å². The number of imide groups is 1. The van der Waals surface area contributed by atoms with Crippen molar-refractivity contribution in [2.24, 2.45) is 5.73 Å². The van der Waals surface area contributed by atoms with Crippen molar-refractivity contribution < 1.29 is 9.59 Å². The van der Waals surface area contributed by atoms with Crippen LogP contribution in [-0.4, -0.2) is 16.7 Å². The first-order valence-corrected chi connectivity index (χ1v) is 6.39. The van der Waals surface area contributed by atoms with Gasteiger partial charge in [0.1, 0.15) is 6.17 Å². The first-order chi connectivity index (χ1) is 9.61. The zero-order chi connectivity index (χ0) is 14.3. The Balaban J connectivity index is 2.03. The van der Waals surface area contributed by atoms with Gasteiger partial charge in [-0.3, -0.25) is 14.5 Å². The molecule has 0 spiro atoms. The van der Waals surface area contributed by atoms with E-state index in [1.807, 2.05) is 31.2 Å². The van der Waals surface area contributed by atoms with Gasteiger partial charge in [0, 0.05) is 0 Å². The minimum Gasteiger partial charge on any atom is -0.307 e. The van der Waals surface area contributed by atoms with E-state index in [1.165, 1.54) is 0 Å². The van der Waals surface area contributed by atoms with Crippen molar-refractivity contribution in [2.75, 3.05) is 0 Å². The minimum atomic E-state index is -0.761. The van der Waals surface area contributed by atoms with Gasteiger partial charge in [-0.25, -0.2) is 0 Å². The van der Waals surface area contributed by atoms with E-state index in [1.54, 1.807) is 24.3 Å². The predicted octanol–water partition coefficient (Wildman–Crippen LogP) is 2.25. The largest absolute Gasteiger partial charge is 0.307 e. The van der Waals surface area contributed by atoms with E-state index in [9.17, 15) is 9.59 Å². The quantitative estimate of drug-likeness (QED) is 0.848. The average molecular weight is 266 g/mol. The Kier molecular flexibility index (Phi) is 2.88. The van der Waals surface area contributed by atoms with Crippen molar-refractivity contribution >= 4 is 11.8 Å². The van der Waals surface area contributed by atoms with Crippen molar-refractivity contribution in [3.05, 3.63) is 70.8 Å². The lowest BCUT2D eigenvalue weighted by atomic mass is 10.1. The molecular weight excluding hydrogens is 252 g/mol. The van der Waals surface area contributed by atoms with Crippen LogP contribution in [0.1, 0.15) is 38.0 Å². The summed E-state index contributed by atoms with van der Waals surface area (Å²) in [6, 6.07) is 14.3. The molecular formula is C16H14N2O2. The van der Waals surface area contributed by atoms with E-state index in [0.717, 1.165) is 16.0 Å². The Morgan fingerprint density at radius 1 is 0.900 bits per heavy atom. The van der Waals surface area contributed by atoms with Crippen LogP contribution in [0.4, 0.5) is 0 Å². The lowest BCUT2D eigenvalue weighted by Crippen LogP contribution is -2.39. The van der Waals surface area contributed by atoms with Gasteiger partial charge in [-0.15, -0.1) is 0 Å². The van der Waals surface area contributed by atoms with Gasteiger partial charge in [0.15, 0.2) is 0 Å². The number of nitrogens with two attached hydrogens (primary N) is 1. The van der Waals surface area contributed by atoms with Gasteiger partial charge in [-0.2, -0.15) is 0 Å². The molecule has 100 valence electrons. The van der Waals surface area contributed by atoms with Crippen molar-refractivity contribution in [2.45, 2.75) is 13.1 Å². The number of hydrogen-bond donors (Lipinski definition) is 1. The van der Waals surface area contributed by atoms with Crippen LogP contribution in [0.5, 0.6) is 0 Å². The molecule has 2 aromatic carbocycles. The summed E-state index contributed by atoms with van der Waals surface area (Å²) >= 11 is 0. The summed E-state index contributed by atoms with van der Waals surface area (Å²) in [6.45, 7) is 1.91. The van der Waals surface area contributed by atoms with Crippen LogP contribution in [0.15, 0.2) is 48.5 Å². The van der Waals surface area contributed by atoms with Crippen LogP contribution in [0.25, 0.3) is 0 Å². The Morgan fingerprint density at radius 2 is 1.40 bits per heavy atom. The zero-order valence-corrected chi connectivity index (χ0v) is 11.0. The van der Waals surface area contributed by atoms with Gasteiger partial charge in [0.2, 0.25) is 0 Å². The maximum absolute atomic E-state index is 12.4. The summed E-state index contributed by atoms with van der Waals surface area (Å²) in [7, 11) is 0. The number of fused-ring (bicyclic) bond motifs is 1. The SMILES string of the molecule is Cc1ccccc1C(N)N1C(=O)c2ccccc2C1=O. The normalized spacial score (nSPS) is 15.4. The fourth-order valence-corrected chi connectivity index (χ4v) is 2.52. The Morgan fingerprint density at radius 3 is 1.95 bits per heavy atom. The number of aryl methyl sites for hydroxylation is 1. The fourth-order valence-electron chi connectivity index (χ4n) is 2.52. The van der Waals surface area contributed by atoms with Crippen LogP contribution < -0.4 is 5.73 Å². The van der Waals surface area contributed by atoms with E-state index in [-0.39, 0.29) is 11.8 Å². The molecule has 0 fully saturated rings. The number of amides is 2. The maximum Gasteiger partial charge on any atom is 0.263 e. The number of nitrogens with zero attached hydrogens (tertiary/aromatic N) is 1. The van der Waals surface area contributed by atoms with Crippen molar-refractivity contribution in [1.82, 2.24) is 4.90 Å². The standard InChI is InChI=1S/C16H14N2O2/c1-10-6-2-3-7-11(10)14(17)18-15(19)12-8-4-5-9-13(12)16(18)20/h2-9,14H,17H2,1H3. The second-order valence-electron chi connectivity index (χ2n) is 4.83. The summed E-state index contributed by atoms with van der Waals surface area (Å²) in [6.07, 6.45) is -0.761. The second kappa shape index (κ2) is 4.58. The summed E-state index contributed by atoms with van der Waals surface area (Å²) in [4.78, 5) is 25.8. The molecule has 2 aromatic rings. The molecule has 0 aliphatic carbocycles. The number of carbonyl (C=O) groups is 2. The topological polar surface area (TPSA) is 63.4 Å². The van der Waals surface area contributed by atoms with E-state index in [2.05, 4.69) is 0 Å². The highest BCUT2D eigenvalue weighted by Crippen LogP contribution is 2.29. The third-order valence-corrected chi connectivity index (χ3v) is 3.61. The van der Waals surface area contributed by atoms with E-state index >= 15 is 0 Å².